The molecule has 2 aliphatic heterocycles. The Labute approximate surface area is 144 Å². The zero-order chi connectivity index (χ0) is 16.9. The van der Waals surface area contributed by atoms with Crippen molar-refractivity contribution in [2.45, 2.75) is 44.8 Å². The molecule has 2 fully saturated rings. The van der Waals surface area contributed by atoms with Crippen LogP contribution in [-0.4, -0.2) is 60.9 Å². The largest absolute Gasteiger partial charge is 0.396 e. The fourth-order valence-electron chi connectivity index (χ4n) is 3.65. The lowest BCUT2D eigenvalue weighted by atomic mass is 10.0. The van der Waals surface area contributed by atoms with E-state index in [1.807, 2.05) is 17.0 Å². The van der Waals surface area contributed by atoms with Crippen molar-refractivity contribution in [3.05, 3.63) is 29.8 Å². The molecule has 24 heavy (non-hydrogen) atoms. The van der Waals surface area contributed by atoms with E-state index < -0.39 is 0 Å². The summed E-state index contributed by atoms with van der Waals surface area (Å²) in [6, 6.07) is 8.22. The van der Waals surface area contributed by atoms with Crippen LogP contribution in [0, 0.1) is 6.92 Å². The lowest BCUT2D eigenvalue weighted by Gasteiger charge is -2.35. The van der Waals surface area contributed by atoms with Crippen LogP contribution in [0.25, 0.3) is 0 Å². The summed E-state index contributed by atoms with van der Waals surface area (Å²) in [6.45, 7) is 5.52. The molecule has 1 amide bonds. The molecule has 3 rings (SSSR count). The van der Waals surface area contributed by atoms with E-state index in [1.165, 1.54) is 5.56 Å². The fourth-order valence-corrected chi connectivity index (χ4v) is 3.65. The molecule has 1 aromatic rings. The minimum absolute atomic E-state index is 0.0182. The number of likely N-dealkylation sites (tertiary alicyclic amines) is 1. The molecule has 0 aromatic heterocycles. The van der Waals surface area contributed by atoms with E-state index >= 15 is 0 Å². The molecule has 1 unspecified atom stereocenters. The number of rotatable bonds is 6. The molecule has 2 heterocycles. The number of amides is 1. The molecule has 5 nitrogen and oxygen atoms in total. The van der Waals surface area contributed by atoms with Gasteiger partial charge in [-0.2, -0.15) is 0 Å². The highest BCUT2D eigenvalue weighted by atomic mass is 16.5. The number of aliphatic hydroxyl groups is 1. The maximum absolute atomic E-state index is 12.8. The van der Waals surface area contributed by atoms with Gasteiger partial charge >= 0.3 is 0 Å². The maximum Gasteiger partial charge on any atom is 0.244 e. The first-order chi connectivity index (χ1) is 11.7. The monoisotopic (exact) mass is 332 g/mol. The third-order valence-electron chi connectivity index (χ3n) is 5.10. The number of aliphatic hydroxyl groups excluding tert-OH is 1. The summed E-state index contributed by atoms with van der Waals surface area (Å²) in [5.41, 5.74) is 2.22. The Morgan fingerprint density at radius 2 is 1.83 bits per heavy atom. The molecule has 0 spiro atoms. The van der Waals surface area contributed by atoms with Crippen molar-refractivity contribution in [2.24, 2.45) is 0 Å². The van der Waals surface area contributed by atoms with Gasteiger partial charge in [0.15, 0.2) is 0 Å². The van der Waals surface area contributed by atoms with Crippen LogP contribution in [0.3, 0.4) is 0 Å². The van der Waals surface area contributed by atoms with Gasteiger partial charge in [0.1, 0.15) is 0 Å². The molecule has 1 N–H and O–H groups in total. The number of carbonyl (C=O) groups excluding carboxylic acids is 1. The summed E-state index contributed by atoms with van der Waals surface area (Å²) >= 11 is 0. The van der Waals surface area contributed by atoms with E-state index in [9.17, 15) is 4.79 Å². The van der Waals surface area contributed by atoms with Crippen molar-refractivity contribution in [1.29, 1.82) is 0 Å². The van der Waals surface area contributed by atoms with Crippen LogP contribution in [0.2, 0.25) is 0 Å². The molecule has 0 aliphatic carbocycles. The van der Waals surface area contributed by atoms with Gasteiger partial charge in [-0.25, -0.2) is 0 Å². The number of hydrogen-bond acceptors (Lipinski definition) is 4. The van der Waals surface area contributed by atoms with E-state index in [4.69, 9.17) is 9.84 Å². The third kappa shape index (κ3) is 3.97. The standard InChI is InChI=1S/C19H28N2O3/c1-15-3-5-16(6-4-15)21-12-9-18(19(21)23)20-10-7-17(8-11-20)24-14-2-13-22/h3-6,17-18,22H,2,7-14H2,1H3. The molecule has 1 aromatic carbocycles. The minimum atomic E-state index is 0.0182. The topological polar surface area (TPSA) is 53.0 Å². The second kappa shape index (κ2) is 8.10. The van der Waals surface area contributed by atoms with Gasteiger partial charge in [0.05, 0.1) is 12.1 Å². The Morgan fingerprint density at radius 3 is 2.50 bits per heavy atom. The van der Waals surface area contributed by atoms with Crippen LogP contribution in [0.5, 0.6) is 0 Å². The van der Waals surface area contributed by atoms with Gasteiger partial charge in [-0.05, 0) is 44.7 Å². The fraction of sp³-hybridized carbons (Fsp3) is 0.632. The summed E-state index contributed by atoms with van der Waals surface area (Å²) < 4.78 is 5.78. The number of ether oxygens (including phenoxy) is 1. The molecule has 0 radical (unpaired) electrons. The predicted molar refractivity (Wildman–Crippen MR) is 94.2 cm³/mol. The average Bonchev–Trinajstić information content (AvgIpc) is 2.98. The maximum atomic E-state index is 12.8. The third-order valence-corrected chi connectivity index (χ3v) is 5.10. The van der Waals surface area contributed by atoms with Crippen LogP contribution in [0.4, 0.5) is 5.69 Å². The molecule has 2 saturated heterocycles. The Hall–Kier alpha value is -1.43. The normalized spacial score (nSPS) is 23.2. The van der Waals surface area contributed by atoms with Crippen LogP contribution in [0.15, 0.2) is 24.3 Å². The Kier molecular flexibility index (Phi) is 5.87. The highest BCUT2D eigenvalue weighted by Gasteiger charge is 2.38. The number of nitrogens with zero attached hydrogens (tertiary/aromatic N) is 2. The first-order valence-corrected chi connectivity index (χ1v) is 9.03. The average molecular weight is 332 g/mol. The van der Waals surface area contributed by atoms with E-state index in [1.54, 1.807) is 0 Å². The molecule has 0 saturated carbocycles. The number of hydrogen-bond donors (Lipinski definition) is 1. The van der Waals surface area contributed by atoms with Crippen LogP contribution >= 0.6 is 0 Å². The zero-order valence-electron chi connectivity index (χ0n) is 14.5. The summed E-state index contributed by atoms with van der Waals surface area (Å²) in [7, 11) is 0. The smallest absolute Gasteiger partial charge is 0.244 e. The molecule has 2 aliphatic rings. The predicted octanol–water partition coefficient (Wildman–Crippen LogP) is 1.96. The van der Waals surface area contributed by atoms with Gasteiger partial charge in [0.2, 0.25) is 5.91 Å². The summed E-state index contributed by atoms with van der Waals surface area (Å²) in [5, 5.41) is 8.81. The summed E-state index contributed by atoms with van der Waals surface area (Å²) in [4.78, 5) is 17.1. The second-order valence-corrected chi connectivity index (χ2v) is 6.81. The van der Waals surface area contributed by atoms with E-state index in [0.717, 1.165) is 44.6 Å². The number of anilines is 1. The summed E-state index contributed by atoms with van der Waals surface area (Å²) in [6.07, 6.45) is 3.83. The first-order valence-electron chi connectivity index (χ1n) is 9.03. The van der Waals surface area contributed by atoms with E-state index in [-0.39, 0.29) is 24.7 Å². The Morgan fingerprint density at radius 1 is 1.12 bits per heavy atom. The van der Waals surface area contributed by atoms with Gasteiger partial charge in [-0.3, -0.25) is 9.69 Å². The van der Waals surface area contributed by atoms with Crippen LogP contribution < -0.4 is 4.90 Å². The number of carbonyl (C=O) groups is 1. The SMILES string of the molecule is Cc1ccc(N2CCC(N3CCC(OCCCO)CC3)C2=O)cc1. The van der Waals surface area contributed by atoms with Crippen molar-refractivity contribution in [2.75, 3.05) is 37.7 Å². The van der Waals surface area contributed by atoms with Gasteiger partial charge in [0.25, 0.3) is 0 Å². The number of piperidine rings is 1. The van der Waals surface area contributed by atoms with E-state index in [2.05, 4.69) is 24.0 Å². The summed E-state index contributed by atoms with van der Waals surface area (Å²) in [5.74, 6) is 0.235. The van der Waals surface area contributed by atoms with Crippen LogP contribution in [-0.2, 0) is 9.53 Å². The van der Waals surface area contributed by atoms with Gasteiger partial charge in [-0.15, -0.1) is 0 Å². The van der Waals surface area contributed by atoms with Gasteiger partial charge < -0.3 is 14.7 Å². The first kappa shape index (κ1) is 17.4. The Bertz CT molecular complexity index is 538. The lowest BCUT2D eigenvalue weighted by molar-refractivity contribution is -0.122. The van der Waals surface area contributed by atoms with Crippen molar-refractivity contribution < 1.29 is 14.6 Å². The second-order valence-electron chi connectivity index (χ2n) is 6.81. The van der Waals surface area contributed by atoms with E-state index in [0.29, 0.717) is 13.0 Å². The zero-order valence-corrected chi connectivity index (χ0v) is 14.5. The molecule has 1 atom stereocenters. The van der Waals surface area contributed by atoms with Crippen molar-refractivity contribution >= 4 is 11.6 Å². The highest BCUT2D eigenvalue weighted by molar-refractivity contribution is 5.99. The number of aryl methyl sites for hydroxylation is 1. The molecular formula is C19H28N2O3. The number of benzene rings is 1. The van der Waals surface area contributed by atoms with Crippen molar-refractivity contribution in [3.63, 3.8) is 0 Å². The Balaban J connectivity index is 1.52. The quantitative estimate of drug-likeness (QED) is 0.809. The molecule has 0 bridgehead atoms. The highest BCUT2D eigenvalue weighted by Crippen LogP contribution is 2.27. The van der Waals surface area contributed by atoms with Gasteiger partial charge in [0, 0.05) is 38.5 Å². The molecule has 5 heteroatoms. The van der Waals surface area contributed by atoms with Gasteiger partial charge in [-0.1, -0.05) is 17.7 Å². The molecule has 132 valence electrons. The lowest BCUT2D eigenvalue weighted by Crippen LogP contribution is -2.47. The van der Waals surface area contributed by atoms with Crippen molar-refractivity contribution in [3.8, 4) is 0 Å². The van der Waals surface area contributed by atoms with Crippen LogP contribution in [0.1, 0.15) is 31.2 Å². The van der Waals surface area contributed by atoms with Crippen molar-refractivity contribution in [1.82, 2.24) is 4.90 Å². The molecular weight excluding hydrogens is 304 g/mol. The minimum Gasteiger partial charge on any atom is -0.396 e.